The van der Waals surface area contributed by atoms with E-state index in [0.29, 0.717) is 21.5 Å². The topological polar surface area (TPSA) is 70.8 Å². The van der Waals surface area contributed by atoms with Gasteiger partial charge >= 0.3 is 0 Å². The number of sulfone groups is 1. The molecule has 1 aromatic heterocycles. The van der Waals surface area contributed by atoms with Gasteiger partial charge in [0.05, 0.1) is 26.9 Å². The fourth-order valence-corrected chi connectivity index (χ4v) is 4.86. The highest BCUT2D eigenvalue weighted by molar-refractivity contribution is 7.91. The van der Waals surface area contributed by atoms with E-state index in [4.69, 9.17) is 16.9 Å². The average Bonchev–Trinajstić information content (AvgIpc) is 2.72. The zero-order valence-corrected chi connectivity index (χ0v) is 16.7. The number of nitriles is 1. The summed E-state index contributed by atoms with van der Waals surface area (Å²) < 4.78 is 54.7. The summed E-state index contributed by atoms with van der Waals surface area (Å²) in [7, 11) is -4.30. The van der Waals surface area contributed by atoms with Crippen LogP contribution in [0.15, 0.2) is 76.7 Å². The minimum absolute atomic E-state index is 0.138. The van der Waals surface area contributed by atoms with E-state index in [9.17, 15) is 17.2 Å². The molecule has 0 spiro atoms. The number of nitrogens with zero attached hydrogens (tertiary/aromatic N) is 2. The van der Waals surface area contributed by atoms with Crippen LogP contribution in [0.2, 0.25) is 5.02 Å². The molecule has 0 aliphatic carbocycles. The van der Waals surface area contributed by atoms with E-state index in [-0.39, 0.29) is 16.0 Å². The molecule has 0 atom stereocenters. The molecule has 8 heteroatoms. The third-order valence-electron chi connectivity index (χ3n) is 4.51. The number of hydrogen-bond acceptors (Lipinski definition) is 4. The Labute approximate surface area is 175 Å². The normalized spacial score (nSPS) is 11.4. The predicted octanol–water partition coefficient (Wildman–Crippen LogP) is 5.54. The molecule has 0 amide bonds. The van der Waals surface area contributed by atoms with Crippen molar-refractivity contribution in [2.75, 3.05) is 0 Å². The number of hydrogen-bond donors (Lipinski definition) is 0. The maximum atomic E-state index is 13.9. The second-order valence-electron chi connectivity index (χ2n) is 6.46. The highest BCUT2D eigenvalue weighted by Crippen LogP contribution is 2.37. The number of halogens is 3. The first-order valence-electron chi connectivity index (χ1n) is 8.59. The van der Waals surface area contributed by atoms with E-state index in [1.807, 2.05) is 0 Å². The molecule has 0 aliphatic rings. The smallest absolute Gasteiger partial charge is 0.208 e. The maximum absolute atomic E-state index is 13.9. The maximum Gasteiger partial charge on any atom is 0.208 e. The molecule has 0 unspecified atom stereocenters. The van der Waals surface area contributed by atoms with Gasteiger partial charge in [-0.05, 0) is 48.0 Å². The summed E-state index contributed by atoms with van der Waals surface area (Å²) in [5.74, 6) is -1.41. The summed E-state index contributed by atoms with van der Waals surface area (Å²) in [6, 6.07) is 14.8. The first-order valence-corrected chi connectivity index (χ1v) is 10.5. The Balaban J connectivity index is 2.09. The van der Waals surface area contributed by atoms with Crippen LogP contribution in [0.1, 0.15) is 5.56 Å². The molecule has 0 saturated heterocycles. The van der Waals surface area contributed by atoms with Gasteiger partial charge in [-0.25, -0.2) is 17.2 Å². The van der Waals surface area contributed by atoms with Gasteiger partial charge in [0.15, 0.2) is 0 Å². The lowest BCUT2D eigenvalue weighted by Gasteiger charge is -2.14. The largest absolute Gasteiger partial charge is 0.255 e. The van der Waals surface area contributed by atoms with E-state index in [1.165, 1.54) is 18.2 Å². The van der Waals surface area contributed by atoms with Gasteiger partial charge < -0.3 is 0 Å². The molecular formula is C22H11ClF2N2O2S. The molecule has 0 saturated carbocycles. The van der Waals surface area contributed by atoms with Crippen molar-refractivity contribution in [3.05, 3.63) is 89.1 Å². The molecular weight excluding hydrogens is 430 g/mol. The van der Waals surface area contributed by atoms with Crippen molar-refractivity contribution in [1.82, 2.24) is 4.98 Å². The number of fused-ring (bicyclic) bond motifs is 1. The Bertz CT molecular complexity index is 1460. The summed E-state index contributed by atoms with van der Waals surface area (Å²) in [6.07, 6.45) is 1.13. The zero-order valence-electron chi connectivity index (χ0n) is 15.1. The molecule has 0 aliphatic heterocycles. The lowest BCUT2D eigenvalue weighted by atomic mass is 10.0. The van der Waals surface area contributed by atoms with Crippen molar-refractivity contribution in [2.24, 2.45) is 0 Å². The van der Waals surface area contributed by atoms with Crippen molar-refractivity contribution in [1.29, 1.82) is 5.26 Å². The summed E-state index contributed by atoms with van der Waals surface area (Å²) >= 11 is 6.03. The number of benzene rings is 3. The Kier molecular flexibility index (Phi) is 4.98. The summed E-state index contributed by atoms with van der Waals surface area (Å²) in [5, 5.41) is 9.91. The van der Waals surface area contributed by atoms with Gasteiger partial charge in [0.25, 0.3) is 0 Å². The van der Waals surface area contributed by atoms with Gasteiger partial charge in [-0.2, -0.15) is 5.26 Å². The molecule has 4 nitrogen and oxygen atoms in total. The van der Waals surface area contributed by atoms with E-state index >= 15 is 0 Å². The fourth-order valence-electron chi connectivity index (χ4n) is 3.20. The van der Waals surface area contributed by atoms with Gasteiger partial charge in [0.2, 0.25) is 9.84 Å². The number of aromatic nitrogens is 1. The van der Waals surface area contributed by atoms with Crippen LogP contribution in [0.4, 0.5) is 8.78 Å². The lowest BCUT2D eigenvalue weighted by molar-refractivity contribution is 0.590. The van der Waals surface area contributed by atoms with Gasteiger partial charge in [0, 0.05) is 22.2 Å². The highest BCUT2D eigenvalue weighted by atomic mass is 35.5. The van der Waals surface area contributed by atoms with Crippen LogP contribution in [0.5, 0.6) is 0 Å². The molecule has 0 fully saturated rings. The van der Waals surface area contributed by atoms with Gasteiger partial charge in [0.1, 0.15) is 11.6 Å². The first-order chi connectivity index (χ1) is 14.3. The van der Waals surface area contributed by atoms with Crippen molar-refractivity contribution in [2.45, 2.75) is 9.79 Å². The molecule has 0 radical (unpaired) electrons. The lowest BCUT2D eigenvalue weighted by Crippen LogP contribution is -2.06. The average molecular weight is 441 g/mol. The van der Waals surface area contributed by atoms with Crippen LogP contribution in [0.3, 0.4) is 0 Å². The minimum Gasteiger partial charge on any atom is -0.255 e. The second-order valence-corrected chi connectivity index (χ2v) is 8.81. The fraction of sp³-hybridized carbons (Fsp3) is 0. The minimum atomic E-state index is -4.30. The molecule has 30 heavy (non-hydrogen) atoms. The third-order valence-corrected chi connectivity index (χ3v) is 6.49. The zero-order chi connectivity index (χ0) is 21.5. The molecule has 4 rings (SSSR count). The van der Waals surface area contributed by atoms with Crippen molar-refractivity contribution in [3.8, 4) is 17.2 Å². The van der Waals surface area contributed by atoms with Crippen LogP contribution in [-0.2, 0) is 9.84 Å². The number of rotatable bonds is 3. The monoisotopic (exact) mass is 440 g/mol. The third kappa shape index (κ3) is 3.52. The first kappa shape index (κ1) is 20.0. The molecule has 4 aromatic rings. The van der Waals surface area contributed by atoms with Crippen molar-refractivity contribution >= 4 is 32.3 Å². The number of pyridine rings is 1. The molecule has 0 bridgehead atoms. The van der Waals surface area contributed by atoms with Crippen LogP contribution in [0.25, 0.3) is 22.0 Å². The van der Waals surface area contributed by atoms with Crippen LogP contribution in [-0.4, -0.2) is 13.4 Å². The van der Waals surface area contributed by atoms with E-state index < -0.39 is 26.4 Å². The predicted molar refractivity (Wildman–Crippen MR) is 109 cm³/mol. The Morgan fingerprint density at radius 2 is 1.77 bits per heavy atom. The molecule has 3 aromatic carbocycles. The summed E-state index contributed by atoms with van der Waals surface area (Å²) in [5.41, 5.74) is 0.790. The van der Waals surface area contributed by atoms with E-state index in [2.05, 4.69) is 4.98 Å². The Morgan fingerprint density at radius 3 is 2.50 bits per heavy atom. The van der Waals surface area contributed by atoms with Gasteiger partial charge in [-0.1, -0.05) is 29.8 Å². The summed E-state index contributed by atoms with van der Waals surface area (Å²) in [6.45, 7) is 0. The second kappa shape index (κ2) is 7.48. The van der Waals surface area contributed by atoms with E-state index in [0.717, 1.165) is 24.4 Å². The highest BCUT2D eigenvalue weighted by Gasteiger charge is 2.26. The molecule has 1 heterocycles. The van der Waals surface area contributed by atoms with Crippen LogP contribution >= 0.6 is 11.6 Å². The standard InChI is InChI=1S/C22H11ClF2N2O2S/c23-15-4-5-19-20(9-15)27-12-21(22(19)14-2-1-3-16(24)8-14)30(28,29)18-7-13(11-26)6-17(25)10-18/h1-10,12H. The molecule has 0 N–H and O–H groups in total. The van der Waals surface area contributed by atoms with Gasteiger partial charge in [-0.3, -0.25) is 4.98 Å². The Morgan fingerprint density at radius 1 is 0.967 bits per heavy atom. The van der Waals surface area contributed by atoms with Crippen LogP contribution in [0, 0.1) is 23.0 Å². The van der Waals surface area contributed by atoms with Crippen molar-refractivity contribution in [3.63, 3.8) is 0 Å². The van der Waals surface area contributed by atoms with E-state index in [1.54, 1.807) is 30.3 Å². The van der Waals surface area contributed by atoms with Crippen molar-refractivity contribution < 1.29 is 17.2 Å². The SMILES string of the molecule is N#Cc1cc(F)cc(S(=O)(=O)c2cnc3cc(Cl)ccc3c2-c2cccc(F)c2)c1. The summed E-state index contributed by atoms with van der Waals surface area (Å²) in [4.78, 5) is 3.56. The van der Waals surface area contributed by atoms with Crippen LogP contribution < -0.4 is 0 Å². The quantitative estimate of drug-likeness (QED) is 0.419. The Hall–Kier alpha value is -3.34. The molecule has 148 valence electrons. The van der Waals surface area contributed by atoms with Gasteiger partial charge in [-0.15, -0.1) is 0 Å².